The van der Waals surface area contributed by atoms with E-state index in [4.69, 9.17) is 22.1 Å². The molecule has 0 spiro atoms. The maximum Gasteiger partial charge on any atom is 0.147 e. The van der Waals surface area contributed by atoms with Gasteiger partial charge in [0.25, 0.3) is 0 Å². The molecule has 1 aromatic carbocycles. The van der Waals surface area contributed by atoms with Crippen molar-refractivity contribution in [2.45, 2.75) is 6.42 Å². The number of nitrogens with two attached hydrogens (primary N) is 1. The lowest BCUT2D eigenvalue weighted by atomic mass is 10.1. The second-order valence-corrected chi connectivity index (χ2v) is 4.12. The number of ether oxygens (including phenoxy) is 1. The fourth-order valence-electron chi connectivity index (χ4n) is 1.52. The molecule has 2 N–H and O–H groups in total. The lowest BCUT2D eigenvalue weighted by Crippen LogP contribution is -1.95. The van der Waals surface area contributed by atoms with Crippen molar-refractivity contribution in [3.8, 4) is 11.5 Å². The average molecular weight is 263 g/mol. The predicted molar refractivity (Wildman–Crippen MR) is 69.9 cm³/mol. The van der Waals surface area contributed by atoms with Gasteiger partial charge in [-0.05, 0) is 18.2 Å². The van der Waals surface area contributed by atoms with Crippen LogP contribution in [0.4, 0.5) is 5.69 Å². The average Bonchev–Trinajstić information content (AvgIpc) is 2.33. The van der Waals surface area contributed by atoms with E-state index in [1.165, 1.54) is 6.20 Å². The van der Waals surface area contributed by atoms with E-state index < -0.39 is 0 Å². The van der Waals surface area contributed by atoms with Crippen LogP contribution in [0.1, 0.15) is 5.56 Å². The molecule has 1 aromatic heterocycles. The quantitative estimate of drug-likeness (QED) is 0.680. The van der Waals surface area contributed by atoms with E-state index in [9.17, 15) is 4.79 Å². The molecule has 5 heteroatoms. The molecule has 0 bridgehead atoms. The van der Waals surface area contributed by atoms with Crippen LogP contribution in [0.3, 0.4) is 0 Å². The van der Waals surface area contributed by atoms with Crippen LogP contribution in [-0.4, -0.2) is 11.3 Å². The molecule has 0 radical (unpaired) electrons. The summed E-state index contributed by atoms with van der Waals surface area (Å²) in [4.78, 5) is 14.5. The van der Waals surface area contributed by atoms with Crippen molar-refractivity contribution >= 4 is 23.6 Å². The lowest BCUT2D eigenvalue weighted by Gasteiger charge is -2.10. The molecule has 0 amide bonds. The van der Waals surface area contributed by atoms with Crippen molar-refractivity contribution in [3.05, 3.63) is 47.2 Å². The predicted octanol–water partition coefficient (Wildman–Crippen LogP) is 2.85. The second-order valence-electron chi connectivity index (χ2n) is 3.68. The number of carbonyl (C=O) groups is 1. The zero-order chi connectivity index (χ0) is 13.0. The number of carbonyl (C=O) groups excluding carboxylic acids is 1. The van der Waals surface area contributed by atoms with E-state index in [-0.39, 0.29) is 6.42 Å². The third kappa shape index (κ3) is 2.99. The first kappa shape index (κ1) is 12.4. The molecule has 0 saturated heterocycles. The number of hydrogen-bond acceptors (Lipinski definition) is 4. The van der Waals surface area contributed by atoms with Gasteiger partial charge in [-0.25, -0.2) is 0 Å². The summed E-state index contributed by atoms with van der Waals surface area (Å²) in [6.45, 7) is 0. The van der Waals surface area contributed by atoms with Crippen LogP contribution in [0.2, 0.25) is 5.02 Å². The Bertz CT molecular complexity index is 573. The van der Waals surface area contributed by atoms with Crippen molar-refractivity contribution in [1.29, 1.82) is 0 Å². The normalized spacial score (nSPS) is 10.1. The van der Waals surface area contributed by atoms with Gasteiger partial charge in [-0.15, -0.1) is 0 Å². The summed E-state index contributed by atoms with van der Waals surface area (Å²) in [6.07, 6.45) is 4.11. The minimum Gasteiger partial charge on any atom is -0.455 e. The van der Waals surface area contributed by atoms with Gasteiger partial charge in [-0.2, -0.15) is 0 Å². The van der Waals surface area contributed by atoms with Gasteiger partial charge < -0.3 is 15.3 Å². The molecule has 0 aliphatic rings. The zero-order valence-corrected chi connectivity index (χ0v) is 10.2. The Labute approximate surface area is 109 Å². The molecule has 0 aliphatic carbocycles. The number of anilines is 1. The van der Waals surface area contributed by atoms with Gasteiger partial charge >= 0.3 is 0 Å². The number of halogens is 1. The Hall–Kier alpha value is -2.07. The number of nitrogen functional groups attached to an aromatic ring is 1. The smallest absolute Gasteiger partial charge is 0.147 e. The maximum absolute atomic E-state index is 10.6. The van der Waals surface area contributed by atoms with Crippen LogP contribution in [0, 0.1) is 0 Å². The number of rotatable bonds is 4. The molecule has 0 aliphatic heterocycles. The van der Waals surface area contributed by atoms with Crippen molar-refractivity contribution < 1.29 is 9.53 Å². The van der Waals surface area contributed by atoms with Crippen molar-refractivity contribution in [3.63, 3.8) is 0 Å². The third-order valence-corrected chi connectivity index (χ3v) is 2.50. The molecule has 2 aromatic rings. The van der Waals surface area contributed by atoms with E-state index in [1.54, 1.807) is 30.5 Å². The molecule has 0 saturated carbocycles. The Morgan fingerprint density at radius 2 is 2.17 bits per heavy atom. The minimum absolute atomic E-state index is 0.244. The summed E-state index contributed by atoms with van der Waals surface area (Å²) >= 11 is 5.82. The van der Waals surface area contributed by atoms with E-state index in [1.807, 2.05) is 0 Å². The lowest BCUT2D eigenvalue weighted by molar-refractivity contribution is -0.107. The Kier molecular flexibility index (Phi) is 3.79. The first-order valence-electron chi connectivity index (χ1n) is 5.29. The second kappa shape index (κ2) is 5.51. The van der Waals surface area contributed by atoms with E-state index in [0.29, 0.717) is 22.2 Å². The molecule has 18 heavy (non-hydrogen) atoms. The molecule has 0 fully saturated rings. The highest BCUT2D eigenvalue weighted by Gasteiger charge is 2.06. The summed E-state index contributed by atoms with van der Waals surface area (Å²) in [5.74, 6) is 1.08. The molecular formula is C13H11ClN2O2. The van der Waals surface area contributed by atoms with Gasteiger partial charge in [-0.1, -0.05) is 11.6 Å². The SMILES string of the molecule is Nc1ccc(Oc2cncc(Cl)c2)c(CC=O)c1. The molecular weight excluding hydrogens is 252 g/mol. The topological polar surface area (TPSA) is 65.2 Å². The molecule has 2 rings (SSSR count). The molecule has 0 unspecified atom stereocenters. The third-order valence-electron chi connectivity index (χ3n) is 2.30. The van der Waals surface area contributed by atoms with E-state index >= 15 is 0 Å². The largest absolute Gasteiger partial charge is 0.455 e. The highest BCUT2D eigenvalue weighted by Crippen LogP contribution is 2.28. The van der Waals surface area contributed by atoms with Crippen molar-refractivity contribution in [2.24, 2.45) is 0 Å². The number of pyridine rings is 1. The van der Waals surface area contributed by atoms with E-state index in [2.05, 4.69) is 4.98 Å². The van der Waals surface area contributed by atoms with Crippen molar-refractivity contribution in [2.75, 3.05) is 5.73 Å². The zero-order valence-electron chi connectivity index (χ0n) is 9.47. The Morgan fingerprint density at radius 3 is 2.89 bits per heavy atom. The maximum atomic E-state index is 10.6. The number of benzene rings is 1. The first-order valence-corrected chi connectivity index (χ1v) is 5.67. The van der Waals surface area contributed by atoms with Crippen LogP contribution in [0.5, 0.6) is 11.5 Å². The summed E-state index contributed by atoms with van der Waals surface area (Å²) in [6, 6.07) is 6.79. The van der Waals surface area contributed by atoms with Gasteiger partial charge in [0.2, 0.25) is 0 Å². The number of nitrogens with zero attached hydrogens (tertiary/aromatic N) is 1. The van der Waals surface area contributed by atoms with Crippen LogP contribution >= 0.6 is 11.6 Å². The fraction of sp³-hybridized carbons (Fsp3) is 0.0769. The number of hydrogen-bond donors (Lipinski definition) is 1. The van der Waals surface area contributed by atoms with E-state index in [0.717, 1.165) is 11.8 Å². The highest BCUT2D eigenvalue weighted by molar-refractivity contribution is 6.30. The Morgan fingerprint density at radius 1 is 1.33 bits per heavy atom. The number of aromatic nitrogens is 1. The molecule has 92 valence electrons. The summed E-state index contributed by atoms with van der Waals surface area (Å²) in [5, 5.41) is 0.486. The Balaban J connectivity index is 2.30. The van der Waals surface area contributed by atoms with Crippen LogP contribution in [0.25, 0.3) is 0 Å². The van der Waals surface area contributed by atoms with Crippen LogP contribution in [-0.2, 0) is 11.2 Å². The molecule has 0 atom stereocenters. The molecule has 4 nitrogen and oxygen atoms in total. The fourth-order valence-corrected chi connectivity index (χ4v) is 1.69. The van der Waals surface area contributed by atoms with Gasteiger partial charge in [0, 0.05) is 29.9 Å². The molecule has 1 heterocycles. The standard InChI is InChI=1S/C13H11ClN2O2/c14-10-6-12(8-16-7-10)18-13-2-1-11(15)5-9(13)3-4-17/h1-2,4-8H,3,15H2. The van der Waals surface area contributed by atoms with Crippen LogP contribution in [0.15, 0.2) is 36.7 Å². The number of aldehydes is 1. The summed E-state index contributed by atoms with van der Waals surface area (Å²) in [7, 11) is 0. The van der Waals surface area contributed by atoms with Gasteiger partial charge in [0.1, 0.15) is 17.8 Å². The summed E-state index contributed by atoms with van der Waals surface area (Å²) < 4.78 is 5.64. The van der Waals surface area contributed by atoms with Gasteiger partial charge in [-0.3, -0.25) is 4.98 Å². The van der Waals surface area contributed by atoms with Crippen molar-refractivity contribution in [1.82, 2.24) is 4.98 Å². The minimum atomic E-state index is 0.244. The van der Waals surface area contributed by atoms with Gasteiger partial charge in [0.05, 0.1) is 11.2 Å². The first-order chi connectivity index (χ1) is 8.69. The van der Waals surface area contributed by atoms with Gasteiger partial charge in [0.15, 0.2) is 0 Å². The monoisotopic (exact) mass is 262 g/mol. The van der Waals surface area contributed by atoms with Crippen LogP contribution < -0.4 is 10.5 Å². The highest BCUT2D eigenvalue weighted by atomic mass is 35.5. The summed E-state index contributed by atoms with van der Waals surface area (Å²) in [5.41, 5.74) is 6.98.